The smallest absolute Gasteiger partial charge is 0.370 e. The molecule has 1 unspecified atom stereocenters. The minimum atomic E-state index is -4.26. The largest absolute Gasteiger partial charge is 0.411 e. The van der Waals surface area contributed by atoms with Gasteiger partial charge in [-0.15, -0.1) is 11.3 Å². The summed E-state index contributed by atoms with van der Waals surface area (Å²) in [6.45, 7) is 1.63. The molecular formula is C11H17F3N2OS. The van der Waals surface area contributed by atoms with Gasteiger partial charge in [0.05, 0.1) is 12.1 Å². The molecule has 3 nitrogen and oxygen atoms in total. The molecule has 7 heteroatoms. The number of ether oxygens (including phenoxy) is 1. The van der Waals surface area contributed by atoms with Crippen molar-refractivity contribution in [3.8, 4) is 0 Å². The van der Waals surface area contributed by atoms with E-state index in [2.05, 4.69) is 10.3 Å². The lowest BCUT2D eigenvalue weighted by molar-refractivity contribution is -0.175. The van der Waals surface area contributed by atoms with Crippen LogP contribution < -0.4 is 5.32 Å². The minimum Gasteiger partial charge on any atom is -0.370 e. The van der Waals surface area contributed by atoms with Gasteiger partial charge in [-0.1, -0.05) is 6.92 Å². The Bertz CT molecular complexity index is 317. The molecule has 1 aromatic heterocycles. The molecule has 1 heterocycles. The van der Waals surface area contributed by atoms with Gasteiger partial charge < -0.3 is 10.1 Å². The average molecular weight is 282 g/mol. The molecule has 104 valence electrons. The highest BCUT2D eigenvalue weighted by molar-refractivity contribution is 7.09. The summed E-state index contributed by atoms with van der Waals surface area (Å²) in [5, 5.41) is 3.18. The van der Waals surface area contributed by atoms with E-state index in [1.54, 1.807) is 11.7 Å². The van der Waals surface area contributed by atoms with Gasteiger partial charge in [-0.05, 0) is 13.0 Å². The Hall–Kier alpha value is -0.660. The molecule has 0 amide bonds. The zero-order chi connectivity index (χ0) is 13.4. The standard InChI is InChI=1S/C11H17F3N2OS/c1-2-3-16-9(4-10-5-15-8-18-10)6-17-7-11(12,13)14/h5,8-9,16H,2-4,6-7H2,1H3. The van der Waals surface area contributed by atoms with Crippen molar-refractivity contribution in [2.24, 2.45) is 0 Å². The van der Waals surface area contributed by atoms with Crippen LogP contribution in [0.15, 0.2) is 11.7 Å². The molecule has 0 saturated carbocycles. The Balaban J connectivity index is 2.35. The Morgan fingerprint density at radius 2 is 2.28 bits per heavy atom. The molecule has 0 saturated heterocycles. The summed E-state index contributed by atoms with van der Waals surface area (Å²) < 4.78 is 40.6. The van der Waals surface area contributed by atoms with Crippen LogP contribution in [0.5, 0.6) is 0 Å². The van der Waals surface area contributed by atoms with Gasteiger partial charge in [-0.3, -0.25) is 4.98 Å². The second-order valence-electron chi connectivity index (χ2n) is 3.95. The van der Waals surface area contributed by atoms with E-state index in [-0.39, 0.29) is 12.6 Å². The number of rotatable bonds is 8. The average Bonchev–Trinajstić information content (AvgIpc) is 2.76. The van der Waals surface area contributed by atoms with Crippen molar-refractivity contribution in [3.63, 3.8) is 0 Å². The number of aromatic nitrogens is 1. The van der Waals surface area contributed by atoms with E-state index < -0.39 is 12.8 Å². The quantitative estimate of drug-likeness (QED) is 0.796. The number of nitrogens with zero attached hydrogens (tertiary/aromatic N) is 1. The molecule has 1 rings (SSSR count). The summed E-state index contributed by atoms with van der Waals surface area (Å²) in [6.07, 6.45) is -0.962. The van der Waals surface area contributed by atoms with E-state index in [0.717, 1.165) is 17.8 Å². The predicted molar refractivity (Wildman–Crippen MR) is 64.8 cm³/mol. The van der Waals surface area contributed by atoms with Crippen LogP contribution in [-0.2, 0) is 11.2 Å². The Morgan fingerprint density at radius 1 is 1.50 bits per heavy atom. The van der Waals surface area contributed by atoms with E-state index in [4.69, 9.17) is 4.74 Å². The lowest BCUT2D eigenvalue weighted by Crippen LogP contribution is -2.37. The fraction of sp³-hybridized carbons (Fsp3) is 0.727. The van der Waals surface area contributed by atoms with Gasteiger partial charge in [0.15, 0.2) is 0 Å². The lowest BCUT2D eigenvalue weighted by Gasteiger charge is -2.18. The number of alkyl halides is 3. The SMILES string of the molecule is CCCNC(COCC(F)(F)F)Cc1cncs1. The fourth-order valence-electron chi connectivity index (χ4n) is 1.44. The highest BCUT2D eigenvalue weighted by Crippen LogP contribution is 2.15. The van der Waals surface area contributed by atoms with Gasteiger partial charge in [0.25, 0.3) is 0 Å². The first kappa shape index (κ1) is 15.4. The van der Waals surface area contributed by atoms with Crippen LogP contribution in [0.1, 0.15) is 18.2 Å². The Morgan fingerprint density at radius 3 is 2.83 bits per heavy atom. The second-order valence-corrected chi connectivity index (χ2v) is 4.92. The maximum atomic E-state index is 12.0. The normalized spacial score (nSPS) is 13.8. The van der Waals surface area contributed by atoms with E-state index >= 15 is 0 Å². The zero-order valence-electron chi connectivity index (χ0n) is 10.2. The summed E-state index contributed by atoms with van der Waals surface area (Å²) >= 11 is 1.49. The number of thiazole rings is 1. The van der Waals surface area contributed by atoms with Crippen molar-refractivity contribution in [3.05, 3.63) is 16.6 Å². The topological polar surface area (TPSA) is 34.1 Å². The van der Waals surface area contributed by atoms with Gasteiger partial charge in [0.1, 0.15) is 6.61 Å². The van der Waals surface area contributed by atoms with E-state index in [1.165, 1.54) is 11.3 Å². The highest BCUT2D eigenvalue weighted by atomic mass is 32.1. The molecule has 0 aliphatic carbocycles. The summed E-state index contributed by atoms with van der Waals surface area (Å²) in [7, 11) is 0. The van der Waals surface area contributed by atoms with Crippen LogP contribution in [0.4, 0.5) is 13.2 Å². The molecule has 0 radical (unpaired) electrons. The molecule has 0 fully saturated rings. The first-order valence-electron chi connectivity index (χ1n) is 5.76. The van der Waals surface area contributed by atoms with Crippen molar-refractivity contribution in [2.45, 2.75) is 32.0 Å². The first-order chi connectivity index (χ1) is 8.51. The number of nitrogens with one attached hydrogen (secondary N) is 1. The molecule has 0 aromatic carbocycles. The van der Waals surface area contributed by atoms with Crippen molar-refractivity contribution >= 4 is 11.3 Å². The van der Waals surface area contributed by atoms with Crippen LogP contribution in [-0.4, -0.2) is 37.0 Å². The number of halogens is 3. The summed E-state index contributed by atoms with van der Waals surface area (Å²) in [5.74, 6) is 0. The van der Waals surface area contributed by atoms with Gasteiger partial charge in [-0.25, -0.2) is 0 Å². The third-order valence-corrected chi connectivity index (χ3v) is 3.00. The van der Waals surface area contributed by atoms with Crippen molar-refractivity contribution in [1.29, 1.82) is 0 Å². The molecule has 0 aliphatic heterocycles. The summed E-state index contributed by atoms with van der Waals surface area (Å²) in [5.41, 5.74) is 1.71. The van der Waals surface area contributed by atoms with Gasteiger partial charge in [0, 0.05) is 23.5 Å². The van der Waals surface area contributed by atoms with E-state index in [1.807, 2.05) is 6.92 Å². The number of hydrogen-bond acceptors (Lipinski definition) is 4. The van der Waals surface area contributed by atoms with Crippen molar-refractivity contribution < 1.29 is 17.9 Å². The maximum Gasteiger partial charge on any atom is 0.411 e. The minimum absolute atomic E-state index is 0.0530. The maximum absolute atomic E-state index is 12.0. The van der Waals surface area contributed by atoms with Crippen LogP contribution in [0.3, 0.4) is 0 Å². The third-order valence-electron chi connectivity index (χ3n) is 2.20. The Labute approximate surface area is 108 Å². The zero-order valence-corrected chi connectivity index (χ0v) is 11.0. The summed E-state index contributed by atoms with van der Waals surface area (Å²) in [4.78, 5) is 4.99. The van der Waals surface area contributed by atoms with Crippen LogP contribution in [0.2, 0.25) is 0 Å². The van der Waals surface area contributed by atoms with E-state index in [9.17, 15) is 13.2 Å². The molecule has 1 aromatic rings. The lowest BCUT2D eigenvalue weighted by atomic mass is 10.2. The van der Waals surface area contributed by atoms with Crippen LogP contribution >= 0.6 is 11.3 Å². The van der Waals surface area contributed by atoms with Crippen LogP contribution in [0.25, 0.3) is 0 Å². The molecule has 18 heavy (non-hydrogen) atoms. The van der Waals surface area contributed by atoms with Crippen LogP contribution in [0, 0.1) is 0 Å². The fourth-order valence-corrected chi connectivity index (χ4v) is 2.12. The van der Waals surface area contributed by atoms with Gasteiger partial charge in [0.2, 0.25) is 0 Å². The second kappa shape index (κ2) is 7.70. The van der Waals surface area contributed by atoms with Gasteiger partial charge in [-0.2, -0.15) is 13.2 Å². The van der Waals surface area contributed by atoms with Crippen molar-refractivity contribution in [1.82, 2.24) is 10.3 Å². The number of hydrogen-bond donors (Lipinski definition) is 1. The molecule has 0 spiro atoms. The van der Waals surface area contributed by atoms with Gasteiger partial charge >= 0.3 is 6.18 Å². The summed E-state index contributed by atoms with van der Waals surface area (Å²) in [6, 6.07) is -0.104. The monoisotopic (exact) mass is 282 g/mol. The Kier molecular flexibility index (Phi) is 6.59. The molecule has 0 aliphatic rings. The van der Waals surface area contributed by atoms with Crippen molar-refractivity contribution in [2.75, 3.05) is 19.8 Å². The predicted octanol–water partition coefficient (Wildman–Crippen LogP) is 2.63. The third kappa shape index (κ3) is 6.93. The molecular weight excluding hydrogens is 265 g/mol. The highest BCUT2D eigenvalue weighted by Gasteiger charge is 2.27. The van der Waals surface area contributed by atoms with E-state index in [0.29, 0.717) is 6.42 Å². The molecule has 1 atom stereocenters. The molecule has 1 N–H and O–H groups in total. The molecule has 0 bridgehead atoms. The first-order valence-corrected chi connectivity index (χ1v) is 6.64.